The molecule has 0 bridgehead atoms. The van der Waals surface area contributed by atoms with Crippen LogP contribution in [0, 0.1) is 0 Å². The van der Waals surface area contributed by atoms with Crippen molar-refractivity contribution in [3.8, 4) is 0 Å². The fourth-order valence-corrected chi connectivity index (χ4v) is 0.848. The van der Waals surface area contributed by atoms with Crippen molar-refractivity contribution in [2.75, 3.05) is 0 Å². The van der Waals surface area contributed by atoms with Crippen LogP contribution in [-0.4, -0.2) is 23.0 Å². The normalized spacial score (nSPS) is 13.8. The number of aliphatic hydroxyl groups excluding tert-OH is 1. The Kier molecular flexibility index (Phi) is 3.25. The summed E-state index contributed by atoms with van der Waals surface area (Å²) in [6.07, 6.45) is -4.29. The Hall–Kier alpha value is -1.86. The van der Waals surface area contributed by atoms with E-state index in [1.807, 2.05) is 0 Å². The zero-order valence-electron chi connectivity index (χ0n) is 7.96. The van der Waals surface area contributed by atoms with E-state index >= 15 is 0 Å². The number of carbonyl (C=O) groups excluding carboxylic acids is 1. The maximum absolute atomic E-state index is 12.5. The van der Waals surface area contributed by atoms with E-state index in [9.17, 15) is 26.7 Å². The van der Waals surface area contributed by atoms with Crippen LogP contribution in [0.3, 0.4) is 0 Å². The molecule has 1 N–H and O–H groups in total. The standard InChI is InChI=1S/C9H5F5O3/c10-8(11,9(12,13)14)7(16)3-6(15)5-1-2-17-4-5/h1-4,16H/b7-3-. The summed E-state index contributed by atoms with van der Waals surface area (Å²) in [7, 11) is 0. The second kappa shape index (κ2) is 4.19. The molecular formula is C9H5F5O3. The van der Waals surface area contributed by atoms with Crippen LogP contribution in [0.4, 0.5) is 22.0 Å². The summed E-state index contributed by atoms with van der Waals surface area (Å²) in [5.41, 5.74) is -0.255. The average molecular weight is 256 g/mol. The molecule has 17 heavy (non-hydrogen) atoms. The van der Waals surface area contributed by atoms with E-state index in [2.05, 4.69) is 4.42 Å². The second-order valence-electron chi connectivity index (χ2n) is 2.98. The molecule has 94 valence electrons. The van der Waals surface area contributed by atoms with E-state index in [4.69, 9.17) is 5.11 Å². The summed E-state index contributed by atoms with van der Waals surface area (Å²) in [6, 6.07) is 1.05. The minimum atomic E-state index is -5.97. The van der Waals surface area contributed by atoms with Crippen LogP contribution in [0.25, 0.3) is 0 Å². The lowest BCUT2D eigenvalue weighted by Gasteiger charge is -2.18. The first-order valence-electron chi connectivity index (χ1n) is 4.08. The highest BCUT2D eigenvalue weighted by atomic mass is 19.4. The molecule has 1 heterocycles. The molecule has 0 aliphatic rings. The monoisotopic (exact) mass is 256 g/mol. The molecule has 0 saturated heterocycles. The number of ketones is 1. The SMILES string of the molecule is O=C(/C=C(\O)C(F)(F)C(F)(F)F)c1ccoc1. The fourth-order valence-electron chi connectivity index (χ4n) is 0.848. The molecule has 0 fully saturated rings. The number of carbonyl (C=O) groups is 1. The lowest BCUT2D eigenvalue weighted by atomic mass is 10.1. The first-order valence-corrected chi connectivity index (χ1v) is 4.08. The van der Waals surface area contributed by atoms with Crippen LogP contribution in [0.5, 0.6) is 0 Å². The predicted octanol–water partition coefficient (Wildman–Crippen LogP) is 3.10. The van der Waals surface area contributed by atoms with Gasteiger partial charge in [0.05, 0.1) is 11.8 Å². The van der Waals surface area contributed by atoms with Crippen molar-refractivity contribution in [3.05, 3.63) is 36.0 Å². The third kappa shape index (κ3) is 2.63. The summed E-state index contributed by atoms with van der Waals surface area (Å²) in [6.45, 7) is 0. The second-order valence-corrected chi connectivity index (χ2v) is 2.98. The molecule has 0 amide bonds. The molecule has 0 aliphatic carbocycles. The van der Waals surface area contributed by atoms with Gasteiger partial charge < -0.3 is 9.52 Å². The van der Waals surface area contributed by atoms with E-state index in [0.717, 1.165) is 18.6 Å². The molecule has 0 atom stereocenters. The van der Waals surface area contributed by atoms with Gasteiger partial charge in [-0.15, -0.1) is 0 Å². The van der Waals surface area contributed by atoms with E-state index < -0.39 is 23.6 Å². The van der Waals surface area contributed by atoms with Gasteiger partial charge in [-0.3, -0.25) is 4.79 Å². The maximum Gasteiger partial charge on any atom is 0.461 e. The van der Waals surface area contributed by atoms with Gasteiger partial charge in [-0.1, -0.05) is 0 Å². The lowest BCUT2D eigenvalue weighted by molar-refractivity contribution is -0.274. The zero-order valence-corrected chi connectivity index (χ0v) is 7.96. The van der Waals surface area contributed by atoms with E-state index in [0.29, 0.717) is 0 Å². The fraction of sp³-hybridized carbons (Fsp3) is 0.222. The Balaban J connectivity index is 2.98. The third-order valence-corrected chi connectivity index (χ3v) is 1.75. The van der Waals surface area contributed by atoms with Gasteiger partial charge in [0.1, 0.15) is 6.26 Å². The van der Waals surface area contributed by atoms with E-state index in [-0.39, 0.29) is 11.6 Å². The Morgan fingerprint density at radius 2 is 1.88 bits per heavy atom. The molecule has 1 aromatic heterocycles. The molecule has 1 rings (SSSR count). The van der Waals surface area contributed by atoms with Crippen molar-refractivity contribution in [3.63, 3.8) is 0 Å². The molecule has 3 nitrogen and oxygen atoms in total. The van der Waals surface area contributed by atoms with Crippen molar-refractivity contribution in [2.24, 2.45) is 0 Å². The smallest absolute Gasteiger partial charge is 0.461 e. The van der Waals surface area contributed by atoms with Crippen molar-refractivity contribution in [1.29, 1.82) is 0 Å². The molecule has 0 aliphatic heterocycles. The van der Waals surface area contributed by atoms with Gasteiger partial charge >= 0.3 is 12.1 Å². The highest BCUT2D eigenvalue weighted by molar-refractivity contribution is 6.04. The van der Waals surface area contributed by atoms with Crippen molar-refractivity contribution >= 4 is 5.78 Å². The number of alkyl halides is 5. The highest BCUT2D eigenvalue weighted by Crippen LogP contribution is 2.39. The minimum Gasteiger partial charge on any atom is -0.506 e. The van der Waals surface area contributed by atoms with Crippen molar-refractivity contribution in [1.82, 2.24) is 0 Å². The van der Waals surface area contributed by atoms with Crippen LogP contribution >= 0.6 is 0 Å². The number of halogens is 5. The molecule has 0 saturated carbocycles. The van der Waals surface area contributed by atoms with E-state index in [1.165, 1.54) is 0 Å². The molecule has 0 radical (unpaired) electrons. The highest BCUT2D eigenvalue weighted by Gasteiger charge is 2.61. The summed E-state index contributed by atoms with van der Waals surface area (Å²) in [4.78, 5) is 11.1. The molecule has 1 aromatic rings. The number of hydrogen-bond donors (Lipinski definition) is 1. The summed E-state index contributed by atoms with van der Waals surface area (Å²) in [5.74, 6) is -9.05. The van der Waals surface area contributed by atoms with Gasteiger partial charge in [0.2, 0.25) is 0 Å². The Morgan fingerprint density at radius 3 is 2.29 bits per heavy atom. The summed E-state index contributed by atoms with van der Waals surface area (Å²) >= 11 is 0. The van der Waals surface area contributed by atoms with Gasteiger partial charge in [-0.05, 0) is 6.07 Å². The summed E-state index contributed by atoms with van der Waals surface area (Å²) in [5, 5.41) is 8.62. The first kappa shape index (κ1) is 13.2. The predicted molar refractivity (Wildman–Crippen MR) is 44.8 cm³/mol. The maximum atomic E-state index is 12.5. The summed E-state index contributed by atoms with van der Waals surface area (Å²) < 4.78 is 64.8. The molecule has 0 aromatic carbocycles. The van der Waals surface area contributed by atoms with Crippen molar-refractivity contribution in [2.45, 2.75) is 12.1 Å². The average Bonchev–Trinajstić information content (AvgIpc) is 2.68. The zero-order chi connectivity index (χ0) is 13.3. The van der Waals surface area contributed by atoms with Crippen LogP contribution in [0.2, 0.25) is 0 Å². The number of rotatable bonds is 3. The molecule has 8 heteroatoms. The number of furan rings is 1. The van der Waals surface area contributed by atoms with Gasteiger partial charge in [-0.2, -0.15) is 22.0 Å². The Morgan fingerprint density at radius 1 is 1.29 bits per heavy atom. The molecular weight excluding hydrogens is 251 g/mol. The molecule has 0 unspecified atom stereocenters. The van der Waals surface area contributed by atoms with Crippen LogP contribution in [-0.2, 0) is 0 Å². The van der Waals surface area contributed by atoms with Gasteiger partial charge in [0.25, 0.3) is 0 Å². The van der Waals surface area contributed by atoms with Gasteiger partial charge in [0, 0.05) is 6.08 Å². The third-order valence-electron chi connectivity index (χ3n) is 1.75. The van der Waals surface area contributed by atoms with Crippen LogP contribution in [0.1, 0.15) is 10.4 Å². The minimum absolute atomic E-state index is 0.196. The Labute approximate surface area is 91.1 Å². The number of aliphatic hydroxyl groups is 1. The quantitative estimate of drug-likeness (QED) is 0.391. The number of hydrogen-bond acceptors (Lipinski definition) is 3. The van der Waals surface area contributed by atoms with Crippen LogP contribution < -0.4 is 0 Å². The van der Waals surface area contributed by atoms with Gasteiger partial charge in [0.15, 0.2) is 11.5 Å². The first-order chi connectivity index (χ1) is 7.66. The van der Waals surface area contributed by atoms with E-state index in [1.54, 1.807) is 0 Å². The van der Waals surface area contributed by atoms with Crippen molar-refractivity contribution < 1.29 is 36.3 Å². The number of allylic oxidation sites excluding steroid dienone is 2. The van der Waals surface area contributed by atoms with Crippen LogP contribution in [0.15, 0.2) is 34.8 Å². The molecule has 0 spiro atoms. The largest absolute Gasteiger partial charge is 0.506 e. The lowest BCUT2D eigenvalue weighted by Crippen LogP contribution is -2.38. The van der Waals surface area contributed by atoms with Gasteiger partial charge in [-0.25, -0.2) is 0 Å². The Bertz CT molecular complexity index is 430. The topological polar surface area (TPSA) is 50.4 Å².